The van der Waals surface area contributed by atoms with Crippen LogP contribution in [-0.4, -0.2) is 29.3 Å². The quantitative estimate of drug-likeness (QED) is 0.251. The molecule has 3 atom stereocenters. The predicted molar refractivity (Wildman–Crippen MR) is 157 cm³/mol. The summed E-state index contributed by atoms with van der Waals surface area (Å²) >= 11 is 4.43. The van der Waals surface area contributed by atoms with Crippen molar-refractivity contribution in [3.63, 3.8) is 0 Å². The number of halogens is 2. The summed E-state index contributed by atoms with van der Waals surface area (Å²) < 4.78 is 20.5. The second-order valence-corrected chi connectivity index (χ2v) is 18.7. The second-order valence-electron chi connectivity index (χ2n) is 10.2. The molecule has 2 aliphatic heterocycles. The van der Waals surface area contributed by atoms with E-state index in [0.29, 0.717) is 6.61 Å². The molecule has 0 spiro atoms. The van der Waals surface area contributed by atoms with E-state index in [-0.39, 0.29) is 23.8 Å². The Morgan fingerprint density at radius 2 is 1.24 bits per heavy atom. The number of morpholine rings is 1. The van der Waals surface area contributed by atoms with Crippen molar-refractivity contribution < 1.29 is 13.9 Å². The molecule has 4 aromatic carbocycles. The molecule has 3 nitrogen and oxygen atoms in total. The number of hydrogen-bond acceptors (Lipinski definition) is 2. The number of rotatable bonds is 5. The van der Waals surface area contributed by atoms with Crippen molar-refractivity contribution >= 4 is 42.6 Å². The number of ether oxygens (including phenoxy) is 1. The fourth-order valence-corrected chi connectivity index (χ4v) is 14.2. The summed E-state index contributed by atoms with van der Waals surface area (Å²) in [5.41, 5.74) is 0.971. The fourth-order valence-electron chi connectivity index (χ4n) is 6.35. The number of benzene rings is 4. The predicted octanol–water partition coefficient (Wildman–Crippen LogP) is 6.44. The summed E-state index contributed by atoms with van der Waals surface area (Å²) in [5, 5.41) is -0.561. The number of carbonyl (C=O) groups is 1. The molecular formula is C32H30BrFNO2P. The number of carbonyl (C=O) groups excluding carboxylic acids is 1. The van der Waals surface area contributed by atoms with Crippen LogP contribution in [-0.2, 0) is 9.53 Å². The van der Waals surface area contributed by atoms with Crippen molar-refractivity contribution in [1.29, 1.82) is 0 Å². The van der Waals surface area contributed by atoms with Crippen molar-refractivity contribution in [2.75, 3.05) is 6.61 Å². The van der Waals surface area contributed by atoms with Crippen molar-refractivity contribution in [3.05, 3.63) is 127 Å². The monoisotopic (exact) mass is 589 g/mol. The van der Waals surface area contributed by atoms with Gasteiger partial charge in [0.2, 0.25) is 0 Å². The van der Waals surface area contributed by atoms with Crippen LogP contribution in [0, 0.1) is 5.82 Å². The van der Waals surface area contributed by atoms with Gasteiger partial charge in [-0.1, -0.05) is 0 Å². The Bertz CT molecular complexity index is 1320. The van der Waals surface area contributed by atoms with Gasteiger partial charge in [0, 0.05) is 0 Å². The van der Waals surface area contributed by atoms with E-state index in [4.69, 9.17) is 4.74 Å². The van der Waals surface area contributed by atoms with Gasteiger partial charge in [-0.3, -0.25) is 0 Å². The standard InChI is InChI=1S/C32H30BrFNO2P/c33-38(27-12-4-1-5-13-27,28-14-6-2-7-15-28,29-16-8-3-9-17-29)32-31(36)35-26(23-37-32)11-10-18-30(35)24-19-21-25(34)22-20-24/h1-9,12-17,19-22,26,30,32H,10-11,18,23H2/t26-,30+,32?/m0/s1. The van der Waals surface area contributed by atoms with Crippen molar-refractivity contribution in [2.24, 2.45) is 0 Å². The van der Waals surface area contributed by atoms with E-state index in [1.165, 1.54) is 12.1 Å². The molecular weight excluding hydrogens is 560 g/mol. The number of hydrogen-bond donors (Lipinski definition) is 0. The molecule has 2 heterocycles. The summed E-state index contributed by atoms with van der Waals surface area (Å²) in [6.45, 7) is 0.462. The molecule has 2 aliphatic rings. The first kappa shape index (κ1) is 25.4. The van der Waals surface area contributed by atoms with Gasteiger partial charge in [-0.05, 0) is 0 Å². The molecule has 1 unspecified atom stereocenters. The first-order chi connectivity index (χ1) is 18.5. The van der Waals surface area contributed by atoms with Gasteiger partial charge >= 0.3 is 232 Å². The van der Waals surface area contributed by atoms with Crippen LogP contribution in [0.4, 0.5) is 4.39 Å². The van der Waals surface area contributed by atoms with Crippen LogP contribution >= 0.6 is 20.8 Å². The van der Waals surface area contributed by atoms with Crippen LogP contribution in [0.25, 0.3) is 0 Å². The van der Waals surface area contributed by atoms with Crippen molar-refractivity contribution in [3.8, 4) is 0 Å². The van der Waals surface area contributed by atoms with E-state index < -0.39 is 11.2 Å². The SMILES string of the molecule is O=C1C(P(Br)(c2ccccc2)(c2ccccc2)c2ccccc2)OC[C@@H]2CCC[C@H](c3ccc(F)cc3)N12. The summed E-state index contributed by atoms with van der Waals surface area (Å²) in [7, 11) is 0. The van der Waals surface area contributed by atoms with Crippen LogP contribution in [0.15, 0.2) is 115 Å². The molecule has 6 heteroatoms. The minimum atomic E-state index is -3.69. The Morgan fingerprint density at radius 1 is 0.737 bits per heavy atom. The summed E-state index contributed by atoms with van der Waals surface area (Å²) in [6.07, 6.45) is 2.75. The molecule has 0 aliphatic carbocycles. The Kier molecular flexibility index (Phi) is 6.72. The maximum absolute atomic E-state index is 14.9. The van der Waals surface area contributed by atoms with Gasteiger partial charge in [0.15, 0.2) is 0 Å². The van der Waals surface area contributed by atoms with Gasteiger partial charge in [-0.2, -0.15) is 0 Å². The Labute approximate surface area is 231 Å². The fraction of sp³-hybridized carbons (Fsp3) is 0.219. The van der Waals surface area contributed by atoms with Crippen LogP contribution in [0.3, 0.4) is 0 Å². The number of amides is 1. The van der Waals surface area contributed by atoms with Crippen LogP contribution in [0.1, 0.15) is 30.9 Å². The van der Waals surface area contributed by atoms with Gasteiger partial charge < -0.3 is 0 Å². The van der Waals surface area contributed by atoms with Crippen molar-refractivity contribution in [2.45, 2.75) is 37.2 Å². The first-order valence-corrected chi connectivity index (χ1v) is 17.4. The summed E-state index contributed by atoms with van der Waals surface area (Å²) in [5.74, 6) is -1.04. The zero-order valence-electron chi connectivity index (χ0n) is 21.0. The molecule has 1 amide bonds. The third-order valence-corrected chi connectivity index (χ3v) is 18.1. The average molecular weight is 590 g/mol. The minimum absolute atomic E-state index is 0.00812. The van der Waals surface area contributed by atoms with Crippen LogP contribution in [0.2, 0.25) is 0 Å². The van der Waals surface area contributed by atoms with E-state index in [0.717, 1.165) is 40.7 Å². The van der Waals surface area contributed by atoms with Crippen molar-refractivity contribution in [1.82, 2.24) is 4.90 Å². The maximum atomic E-state index is 14.9. The normalized spacial score (nSPS) is 22.8. The third-order valence-electron chi connectivity index (χ3n) is 8.13. The molecule has 0 radical (unpaired) electrons. The zero-order valence-corrected chi connectivity index (χ0v) is 23.5. The topological polar surface area (TPSA) is 29.5 Å². The summed E-state index contributed by atoms with van der Waals surface area (Å²) in [4.78, 5) is 17.0. The van der Waals surface area contributed by atoms with E-state index in [9.17, 15) is 9.18 Å². The number of fused-ring (bicyclic) bond motifs is 1. The molecule has 2 fully saturated rings. The van der Waals surface area contributed by atoms with E-state index in [1.807, 2.05) is 66.7 Å². The van der Waals surface area contributed by atoms with E-state index in [2.05, 4.69) is 56.8 Å². The Morgan fingerprint density at radius 3 is 1.74 bits per heavy atom. The zero-order chi connectivity index (χ0) is 26.2. The molecule has 0 aromatic heterocycles. The van der Waals surface area contributed by atoms with Gasteiger partial charge in [-0.15, -0.1) is 0 Å². The second kappa shape index (κ2) is 10.0. The molecule has 194 valence electrons. The molecule has 38 heavy (non-hydrogen) atoms. The third kappa shape index (κ3) is 3.87. The molecule has 6 rings (SSSR count). The first-order valence-electron chi connectivity index (χ1n) is 13.1. The van der Waals surface area contributed by atoms with Crippen LogP contribution < -0.4 is 15.9 Å². The van der Waals surface area contributed by atoms with E-state index in [1.54, 1.807) is 0 Å². The molecule has 0 N–H and O–H groups in total. The van der Waals surface area contributed by atoms with Gasteiger partial charge in [0.25, 0.3) is 0 Å². The molecule has 0 bridgehead atoms. The number of nitrogens with zero attached hydrogens (tertiary/aromatic N) is 1. The van der Waals surface area contributed by atoms with Gasteiger partial charge in [0.05, 0.1) is 0 Å². The van der Waals surface area contributed by atoms with Gasteiger partial charge in [0.1, 0.15) is 0 Å². The van der Waals surface area contributed by atoms with Gasteiger partial charge in [-0.25, -0.2) is 0 Å². The van der Waals surface area contributed by atoms with Crippen LogP contribution in [0.5, 0.6) is 0 Å². The molecule has 0 saturated carbocycles. The summed E-state index contributed by atoms with van der Waals surface area (Å²) in [6, 6.07) is 37.4. The number of piperidine rings is 1. The van der Waals surface area contributed by atoms with E-state index >= 15 is 0 Å². The molecule has 4 aromatic rings. The average Bonchev–Trinajstić information content (AvgIpc) is 2.98. The molecule has 2 saturated heterocycles. The Hall–Kier alpha value is -2.85. The Balaban J connectivity index is 1.58.